The van der Waals surface area contributed by atoms with Crippen molar-refractivity contribution in [2.24, 2.45) is 5.73 Å². The molecule has 0 aliphatic heterocycles. The second-order valence-corrected chi connectivity index (χ2v) is 5.03. The van der Waals surface area contributed by atoms with Crippen molar-refractivity contribution in [2.75, 3.05) is 13.1 Å². The van der Waals surface area contributed by atoms with Gasteiger partial charge in [-0.3, -0.25) is 4.90 Å². The Labute approximate surface area is 89.2 Å². The van der Waals surface area contributed by atoms with Crippen molar-refractivity contribution in [3.05, 3.63) is 12.7 Å². The fourth-order valence-corrected chi connectivity index (χ4v) is 1.46. The minimum absolute atomic E-state index is 0.228. The van der Waals surface area contributed by atoms with Gasteiger partial charge in [0.25, 0.3) is 0 Å². The molecule has 0 amide bonds. The van der Waals surface area contributed by atoms with Crippen LogP contribution in [0.5, 0.6) is 0 Å². The summed E-state index contributed by atoms with van der Waals surface area (Å²) in [7, 11) is 0. The van der Waals surface area contributed by atoms with E-state index in [-0.39, 0.29) is 5.54 Å². The Morgan fingerprint density at radius 3 is 2.36 bits per heavy atom. The summed E-state index contributed by atoms with van der Waals surface area (Å²) in [6.45, 7) is 14.6. The molecule has 0 rings (SSSR count). The molecule has 0 saturated heterocycles. The molecule has 0 aromatic heterocycles. The largest absolute Gasteiger partial charge is 0.328 e. The lowest BCUT2D eigenvalue weighted by Crippen LogP contribution is -2.42. The molecular weight excluding hydrogens is 172 g/mol. The van der Waals surface area contributed by atoms with Crippen LogP contribution in [0, 0.1) is 0 Å². The van der Waals surface area contributed by atoms with E-state index in [1.54, 1.807) is 0 Å². The number of nitrogens with two attached hydrogens (primary N) is 1. The van der Waals surface area contributed by atoms with Crippen molar-refractivity contribution in [2.45, 2.75) is 52.1 Å². The minimum Gasteiger partial charge on any atom is -0.328 e. The van der Waals surface area contributed by atoms with Gasteiger partial charge in [-0.1, -0.05) is 6.08 Å². The first-order chi connectivity index (χ1) is 6.38. The lowest BCUT2D eigenvalue weighted by Gasteiger charge is -2.35. The van der Waals surface area contributed by atoms with E-state index in [4.69, 9.17) is 5.73 Å². The Morgan fingerprint density at radius 1 is 1.43 bits per heavy atom. The molecule has 0 bridgehead atoms. The van der Waals surface area contributed by atoms with E-state index in [1.807, 2.05) is 6.08 Å². The summed E-state index contributed by atoms with van der Waals surface area (Å²) in [5.74, 6) is 0. The maximum Gasteiger partial charge on any atom is 0.0165 e. The Kier molecular flexibility index (Phi) is 6.05. The Hall–Kier alpha value is -0.340. The highest BCUT2D eigenvalue weighted by Gasteiger charge is 2.19. The van der Waals surface area contributed by atoms with E-state index in [2.05, 4.69) is 39.2 Å². The molecule has 0 fully saturated rings. The van der Waals surface area contributed by atoms with E-state index in [0.717, 1.165) is 19.5 Å². The van der Waals surface area contributed by atoms with E-state index in [1.165, 1.54) is 6.42 Å². The molecule has 0 radical (unpaired) electrons. The van der Waals surface area contributed by atoms with Crippen molar-refractivity contribution in [3.63, 3.8) is 0 Å². The maximum atomic E-state index is 5.72. The lowest BCUT2D eigenvalue weighted by atomic mass is 10.0. The third-order valence-electron chi connectivity index (χ3n) is 2.39. The first-order valence-electron chi connectivity index (χ1n) is 5.49. The van der Waals surface area contributed by atoms with E-state index in [0.29, 0.717) is 6.04 Å². The second-order valence-electron chi connectivity index (χ2n) is 5.03. The van der Waals surface area contributed by atoms with Gasteiger partial charge in [0.15, 0.2) is 0 Å². The van der Waals surface area contributed by atoms with Crippen LogP contribution in [0.15, 0.2) is 12.7 Å². The number of nitrogens with zero attached hydrogens (tertiary/aromatic N) is 1. The third-order valence-corrected chi connectivity index (χ3v) is 2.39. The van der Waals surface area contributed by atoms with Gasteiger partial charge in [-0.2, -0.15) is 0 Å². The Morgan fingerprint density at radius 2 is 2.00 bits per heavy atom. The summed E-state index contributed by atoms with van der Waals surface area (Å²) >= 11 is 0. The predicted molar refractivity (Wildman–Crippen MR) is 64.4 cm³/mol. The van der Waals surface area contributed by atoms with Gasteiger partial charge >= 0.3 is 0 Å². The quantitative estimate of drug-likeness (QED) is 0.664. The molecule has 1 unspecified atom stereocenters. The average Bonchev–Trinajstić information content (AvgIpc) is 2.00. The summed E-state index contributed by atoms with van der Waals surface area (Å²) in [5, 5.41) is 0. The zero-order valence-corrected chi connectivity index (χ0v) is 10.2. The summed E-state index contributed by atoms with van der Waals surface area (Å²) in [5.41, 5.74) is 5.95. The van der Waals surface area contributed by atoms with Gasteiger partial charge < -0.3 is 5.73 Å². The van der Waals surface area contributed by atoms with Gasteiger partial charge in [0.05, 0.1) is 0 Å². The highest BCUT2D eigenvalue weighted by molar-refractivity contribution is 4.82. The number of rotatable bonds is 6. The fraction of sp³-hybridized carbons (Fsp3) is 0.833. The summed E-state index contributed by atoms with van der Waals surface area (Å²) in [6, 6.07) is 0.320. The predicted octanol–water partition coefficient (Wildman–Crippen LogP) is 2.40. The van der Waals surface area contributed by atoms with Gasteiger partial charge in [-0.05, 0) is 47.1 Å². The van der Waals surface area contributed by atoms with Crippen LogP contribution in [0.2, 0.25) is 0 Å². The standard InChI is InChI=1S/C12H26N2/c1-6-9-14(12(3,4)5)10-7-8-11(2)13/h6,11H,1,7-10,13H2,2-5H3. The van der Waals surface area contributed by atoms with Crippen molar-refractivity contribution in [1.82, 2.24) is 4.90 Å². The molecule has 2 nitrogen and oxygen atoms in total. The van der Waals surface area contributed by atoms with Gasteiger partial charge in [0.2, 0.25) is 0 Å². The molecule has 0 aromatic carbocycles. The minimum atomic E-state index is 0.228. The first-order valence-corrected chi connectivity index (χ1v) is 5.49. The molecule has 2 N–H and O–H groups in total. The van der Waals surface area contributed by atoms with Crippen molar-refractivity contribution in [1.29, 1.82) is 0 Å². The highest BCUT2D eigenvalue weighted by Crippen LogP contribution is 2.14. The molecule has 1 atom stereocenters. The SMILES string of the molecule is C=CCN(CCCC(C)N)C(C)(C)C. The monoisotopic (exact) mass is 198 g/mol. The van der Waals surface area contributed by atoms with Crippen LogP contribution in [-0.4, -0.2) is 29.6 Å². The molecule has 0 saturated carbocycles. The molecule has 0 aromatic rings. The van der Waals surface area contributed by atoms with Gasteiger partial charge in [0.1, 0.15) is 0 Å². The normalized spacial score (nSPS) is 14.4. The van der Waals surface area contributed by atoms with E-state index < -0.39 is 0 Å². The van der Waals surface area contributed by atoms with Gasteiger partial charge in [0, 0.05) is 18.1 Å². The van der Waals surface area contributed by atoms with Crippen molar-refractivity contribution >= 4 is 0 Å². The van der Waals surface area contributed by atoms with Crippen LogP contribution < -0.4 is 5.73 Å². The number of hydrogen-bond donors (Lipinski definition) is 1. The van der Waals surface area contributed by atoms with Gasteiger partial charge in [-0.25, -0.2) is 0 Å². The Balaban J connectivity index is 3.92. The summed E-state index contributed by atoms with van der Waals surface area (Å²) in [4.78, 5) is 2.43. The lowest BCUT2D eigenvalue weighted by molar-refractivity contribution is 0.150. The molecule has 0 spiro atoms. The molecule has 0 aliphatic carbocycles. The van der Waals surface area contributed by atoms with Crippen LogP contribution in [0.3, 0.4) is 0 Å². The summed E-state index contributed by atoms with van der Waals surface area (Å²) in [6.07, 6.45) is 4.24. The fourth-order valence-electron chi connectivity index (χ4n) is 1.46. The Bertz CT molecular complexity index is 156. The molecule has 84 valence electrons. The van der Waals surface area contributed by atoms with Crippen molar-refractivity contribution in [3.8, 4) is 0 Å². The average molecular weight is 198 g/mol. The van der Waals surface area contributed by atoms with Crippen LogP contribution in [-0.2, 0) is 0 Å². The molecule has 0 aliphatic rings. The first kappa shape index (κ1) is 13.7. The molecule has 2 heteroatoms. The summed E-state index contributed by atoms with van der Waals surface area (Å²) < 4.78 is 0. The smallest absolute Gasteiger partial charge is 0.0165 e. The van der Waals surface area contributed by atoms with Crippen LogP contribution in [0.4, 0.5) is 0 Å². The number of hydrogen-bond acceptors (Lipinski definition) is 2. The second kappa shape index (κ2) is 6.20. The zero-order chi connectivity index (χ0) is 11.2. The van der Waals surface area contributed by atoms with Crippen LogP contribution in [0.1, 0.15) is 40.5 Å². The highest BCUT2D eigenvalue weighted by atomic mass is 15.2. The van der Waals surface area contributed by atoms with E-state index >= 15 is 0 Å². The zero-order valence-electron chi connectivity index (χ0n) is 10.2. The molecular formula is C12H26N2. The van der Waals surface area contributed by atoms with Gasteiger partial charge in [-0.15, -0.1) is 6.58 Å². The third kappa shape index (κ3) is 6.17. The van der Waals surface area contributed by atoms with Crippen molar-refractivity contribution < 1.29 is 0 Å². The topological polar surface area (TPSA) is 29.3 Å². The van der Waals surface area contributed by atoms with Crippen LogP contribution >= 0.6 is 0 Å². The van der Waals surface area contributed by atoms with E-state index in [9.17, 15) is 0 Å². The van der Waals surface area contributed by atoms with Crippen LogP contribution in [0.25, 0.3) is 0 Å². The molecule has 0 heterocycles. The maximum absolute atomic E-state index is 5.72. The molecule has 14 heavy (non-hydrogen) atoms.